The van der Waals surface area contributed by atoms with E-state index in [1.54, 1.807) is 47.0 Å². The molecule has 4 rings (SSSR count). The number of anilines is 1. The van der Waals surface area contributed by atoms with Crippen LogP contribution in [0.2, 0.25) is 5.02 Å². The molecule has 160 valence electrons. The van der Waals surface area contributed by atoms with Crippen LogP contribution >= 0.6 is 22.9 Å². The maximum atomic E-state index is 12.9. The van der Waals surface area contributed by atoms with Crippen LogP contribution in [0.25, 0.3) is 10.2 Å². The van der Waals surface area contributed by atoms with E-state index in [9.17, 15) is 13.2 Å². The highest BCUT2D eigenvalue weighted by molar-refractivity contribution is 7.92. The molecule has 9 heteroatoms. The van der Waals surface area contributed by atoms with Crippen molar-refractivity contribution < 1.29 is 13.2 Å². The topological polar surface area (TPSA) is 77.4 Å². The highest BCUT2D eigenvalue weighted by Gasteiger charge is 2.17. The monoisotopic (exact) mass is 474 g/mol. The molecule has 0 amide bonds. The number of aromatic nitrogens is 1. The normalized spacial score (nSPS) is 11.5. The highest BCUT2D eigenvalue weighted by atomic mass is 35.5. The molecule has 0 saturated heterocycles. The Labute approximate surface area is 188 Å². The Morgan fingerprint density at radius 1 is 1.06 bits per heavy atom. The number of thiazole rings is 1. The van der Waals surface area contributed by atoms with Gasteiger partial charge < -0.3 is 4.74 Å². The van der Waals surface area contributed by atoms with Crippen LogP contribution in [0.1, 0.15) is 12.5 Å². The molecule has 0 unspecified atom stereocenters. The zero-order valence-corrected chi connectivity index (χ0v) is 18.9. The number of ether oxygens (including phenoxy) is 1. The SMILES string of the molecule is CCOc1cccc(NS(=O)(=O)c2ccc3c(c2)sc(=O)n3Cc2ccc(Cl)cc2)c1. The Balaban J connectivity index is 1.64. The van der Waals surface area contributed by atoms with Crippen molar-refractivity contribution in [3.63, 3.8) is 0 Å². The largest absolute Gasteiger partial charge is 0.494 e. The van der Waals surface area contributed by atoms with Crippen LogP contribution in [0.4, 0.5) is 5.69 Å². The van der Waals surface area contributed by atoms with E-state index >= 15 is 0 Å². The molecule has 0 spiro atoms. The van der Waals surface area contributed by atoms with Gasteiger partial charge in [-0.15, -0.1) is 0 Å². The maximum absolute atomic E-state index is 12.9. The predicted molar refractivity (Wildman–Crippen MR) is 125 cm³/mol. The molecule has 1 aromatic heterocycles. The smallest absolute Gasteiger partial charge is 0.308 e. The summed E-state index contributed by atoms with van der Waals surface area (Å²) in [6, 6.07) is 18.7. The van der Waals surface area contributed by atoms with Crippen molar-refractivity contribution in [2.75, 3.05) is 11.3 Å². The Hall–Kier alpha value is -2.81. The molecule has 0 aliphatic rings. The molecule has 6 nitrogen and oxygen atoms in total. The second-order valence-electron chi connectivity index (χ2n) is 6.78. The summed E-state index contributed by atoms with van der Waals surface area (Å²) in [5.74, 6) is 0.579. The van der Waals surface area contributed by atoms with Crippen LogP contribution in [0, 0.1) is 0 Å². The first-order valence-corrected chi connectivity index (χ1v) is 12.2. The molecule has 0 aliphatic carbocycles. The van der Waals surface area contributed by atoms with Gasteiger partial charge in [0.25, 0.3) is 10.0 Å². The fraction of sp³-hybridized carbons (Fsp3) is 0.136. The molecule has 3 aromatic carbocycles. The maximum Gasteiger partial charge on any atom is 0.308 e. The Bertz CT molecular complexity index is 1390. The third-order valence-electron chi connectivity index (χ3n) is 4.60. The zero-order chi connectivity index (χ0) is 22.0. The molecule has 0 radical (unpaired) electrons. The summed E-state index contributed by atoms with van der Waals surface area (Å²) in [6.07, 6.45) is 0. The number of benzene rings is 3. The molecule has 1 heterocycles. The van der Waals surface area contributed by atoms with Crippen molar-refractivity contribution in [2.45, 2.75) is 18.4 Å². The van der Waals surface area contributed by atoms with Gasteiger partial charge in [0.15, 0.2) is 0 Å². The molecule has 0 atom stereocenters. The number of rotatable bonds is 7. The molecule has 31 heavy (non-hydrogen) atoms. The van der Waals surface area contributed by atoms with Crippen LogP contribution in [-0.2, 0) is 16.6 Å². The molecular formula is C22H19ClN2O4S2. The van der Waals surface area contributed by atoms with E-state index in [1.807, 2.05) is 19.1 Å². The molecule has 4 aromatic rings. The van der Waals surface area contributed by atoms with Gasteiger partial charge in [0.05, 0.1) is 34.0 Å². The van der Waals surface area contributed by atoms with Gasteiger partial charge in [0.1, 0.15) is 5.75 Å². The molecule has 0 fully saturated rings. The van der Waals surface area contributed by atoms with E-state index in [0.717, 1.165) is 16.9 Å². The van der Waals surface area contributed by atoms with E-state index in [4.69, 9.17) is 16.3 Å². The molecule has 0 bridgehead atoms. The average Bonchev–Trinajstić information content (AvgIpc) is 3.04. The highest BCUT2D eigenvalue weighted by Crippen LogP contribution is 2.25. The average molecular weight is 475 g/mol. The van der Waals surface area contributed by atoms with Crippen LogP contribution in [0.5, 0.6) is 5.75 Å². The van der Waals surface area contributed by atoms with Crippen molar-refractivity contribution in [1.82, 2.24) is 4.57 Å². The van der Waals surface area contributed by atoms with E-state index in [-0.39, 0.29) is 9.77 Å². The number of fused-ring (bicyclic) bond motifs is 1. The van der Waals surface area contributed by atoms with Crippen molar-refractivity contribution in [3.8, 4) is 5.75 Å². The van der Waals surface area contributed by atoms with Crippen LogP contribution in [0.3, 0.4) is 0 Å². The lowest BCUT2D eigenvalue weighted by Gasteiger charge is -2.10. The number of nitrogens with zero attached hydrogens (tertiary/aromatic N) is 1. The fourth-order valence-electron chi connectivity index (χ4n) is 3.17. The number of sulfonamides is 1. The predicted octanol–water partition coefficient (Wildman–Crippen LogP) is 4.96. The van der Waals surface area contributed by atoms with Crippen LogP contribution < -0.4 is 14.3 Å². The van der Waals surface area contributed by atoms with Crippen molar-refractivity contribution in [3.05, 3.63) is 87.0 Å². The lowest BCUT2D eigenvalue weighted by molar-refractivity contribution is 0.340. The number of nitrogens with one attached hydrogen (secondary N) is 1. The number of halogens is 1. The Kier molecular flexibility index (Phi) is 6.04. The molecule has 1 N–H and O–H groups in total. The molecular weight excluding hydrogens is 456 g/mol. The standard InChI is InChI=1S/C22H19ClN2O4S2/c1-2-29-18-5-3-4-17(12-18)24-31(27,28)19-10-11-20-21(13-19)30-22(26)25(20)14-15-6-8-16(23)9-7-15/h3-13,24H,2,14H2,1H3. The second kappa shape index (κ2) is 8.74. The van der Waals surface area contributed by atoms with Crippen molar-refractivity contribution >= 4 is 48.9 Å². The van der Waals surface area contributed by atoms with Gasteiger partial charge in [0, 0.05) is 11.1 Å². The van der Waals surface area contributed by atoms with E-state index in [2.05, 4.69) is 4.72 Å². The van der Waals surface area contributed by atoms with E-state index in [1.165, 1.54) is 12.1 Å². The third-order valence-corrected chi connectivity index (χ3v) is 7.17. The van der Waals surface area contributed by atoms with Gasteiger partial charge in [0.2, 0.25) is 0 Å². The lowest BCUT2D eigenvalue weighted by Crippen LogP contribution is -2.14. The molecule has 0 saturated carbocycles. The summed E-state index contributed by atoms with van der Waals surface area (Å²) in [4.78, 5) is 12.5. The summed E-state index contributed by atoms with van der Waals surface area (Å²) < 4.78 is 36.0. The van der Waals surface area contributed by atoms with Gasteiger partial charge in [-0.1, -0.05) is 41.1 Å². The Morgan fingerprint density at radius 2 is 1.84 bits per heavy atom. The van der Waals surface area contributed by atoms with Gasteiger partial charge in [-0.3, -0.25) is 14.1 Å². The number of hydrogen-bond donors (Lipinski definition) is 1. The van der Waals surface area contributed by atoms with Gasteiger partial charge in [-0.2, -0.15) is 0 Å². The quantitative estimate of drug-likeness (QED) is 0.410. The number of hydrogen-bond acceptors (Lipinski definition) is 5. The fourth-order valence-corrected chi connectivity index (χ4v) is 5.37. The first kappa shape index (κ1) is 21.4. The third kappa shape index (κ3) is 4.76. The first-order chi connectivity index (χ1) is 14.9. The summed E-state index contributed by atoms with van der Waals surface area (Å²) in [5, 5.41) is 0.625. The lowest BCUT2D eigenvalue weighted by atomic mass is 10.2. The Morgan fingerprint density at radius 3 is 2.58 bits per heavy atom. The van der Waals surface area contributed by atoms with Crippen molar-refractivity contribution in [1.29, 1.82) is 0 Å². The van der Waals surface area contributed by atoms with Crippen LogP contribution in [0.15, 0.2) is 76.4 Å². The van der Waals surface area contributed by atoms with Gasteiger partial charge >= 0.3 is 4.87 Å². The minimum atomic E-state index is -3.83. The zero-order valence-electron chi connectivity index (χ0n) is 16.5. The first-order valence-electron chi connectivity index (χ1n) is 9.49. The van der Waals surface area contributed by atoms with Gasteiger partial charge in [-0.25, -0.2) is 8.42 Å². The summed E-state index contributed by atoms with van der Waals surface area (Å²) in [6.45, 7) is 2.72. The van der Waals surface area contributed by atoms with E-state index in [0.29, 0.717) is 39.8 Å². The summed E-state index contributed by atoms with van der Waals surface area (Å²) in [7, 11) is -3.83. The van der Waals surface area contributed by atoms with Crippen LogP contribution in [-0.4, -0.2) is 19.6 Å². The summed E-state index contributed by atoms with van der Waals surface area (Å²) >= 11 is 6.94. The summed E-state index contributed by atoms with van der Waals surface area (Å²) in [5.41, 5.74) is 2.01. The second-order valence-corrected chi connectivity index (χ2v) is 9.89. The van der Waals surface area contributed by atoms with E-state index < -0.39 is 10.0 Å². The minimum Gasteiger partial charge on any atom is -0.494 e. The van der Waals surface area contributed by atoms with Crippen molar-refractivity contribution in [2.24, 2.45) is 0 Å². The van der Waals surface area contributed by atoms with Gasteiger partial charge in [-0.05, 0) is 55.0 Å². The molecule has 0 aliphatic heterocycles. The minimum absolute atomic E-state index is 0.0849.